The summed E-state index contributed by atoms with van der Waals surface area (Å²) in [4.78, 5) is 3.69. The summed E-state index contributed by atoms with van der Waals surface area (Å²) in [5.74, 6) is -1.53. The second kappa shape index (κ2) is 5.94. The number of hydrogen-bond acceptors (Lipinski definition) is 3. The van der Waals surface area contributed by atoms with E-state index in [4.69, 9.17) is 0 Å². The highest BCUT2D eigenvalue weighted by Crippen LogP contribution is 2.31. The van der Waals surface area contributed by atoms with E-state index < -0.39 is 27.6 Å². The van der Waals surface area contributed by atoms with Gasteiger partial charge in [0.1, 0.15) is 0 Å². The standard InChI is InChI=1S/C16H13F3N2O2S/c17-16(18,19)15-20-13-8-4-5-9-14(13)21(15)10-11-24(22,23)12-6-2-1-3-7-12/h1-9H,10-11H2. The molecule has 0 aliphatic heterocycles. The molecule has 0 saturated carbocycles. The van der Waals surface area contributed by atoms with E-state index in [0.717, 1.165) is 4.57 Å². The van der Waals surface area contributed by atoms with Gasteiger partial charge in [0.05, 0.1) is 21.7 Å². The van der Waals surface area contributed by atoms with Crippen molar-refractivity contribution in [1.82, 2.24) is 9.55 Å². The Morgan fingerprint density at radius 2 is 1.58 bits per heavy atom. The third-order valence-electron chi connectivity index (χ3n) is 3.59. The molecule has 0 atom stereocenters. The summed E-state index contributed by atoms with van der Waals surface area (Å²) < 4.78 is 65.1. The lowest BCUT2D eigenvalue weighted by Gasteiger charge is -2.11. The molecule has 0 aliphatic carbocycles. The topological polar surface area (TPSA) is 52.0 Å². The molecule has 2 aromatic carbocycles. The van der Waals surface area contributed by atoms with Gasteiger partial charge in [-0.15, -0.1) is 0 Å². The molecule has 0 N–H and O–H groups in total. The minimum absolute atomic E-state index is 0.0861. The number of imidazole rings is 1. The van der Waals surface area contributed by atoms with Crippen molar-refractivity contribution < 1.29 is 21.6 Å². The van der Waals surface area contributed by atoms with Crippen molar-refractivity contribution in [3.05, 3.63) is 60.4 Å². The Morgan fingerprint density at radius 1 is 0.958 bits per heavy atom. The minimum atomic E-state index is -4.66. The first kappa shape index (κ1) is 16.5. The van der Waals surface area contributed by atoms with Gasteiger partial charge in [-0.3, -0.25) is 0 Å². The summed E-state index contributed by atoms with van der Waals surface area (Å²) in [7, 11) is -3.68. The first-order valence-electron chi connectivity index (χ1n) is 7.09. The molecule has 0 fully saturated rings. The molecular weight excluding hydrogens is 341 g/mol. The Hall–Kier alpha value is -2.35. The smallest absolute Gasteiger partial charge is 0.319 e. The zero-order valence-corrected chi connectivity index (χ0v) is 13.2. The van der Waals surface area contributed by atoms with Gasteiger partial charge in [-0.1, -0.05) is 30.3 Å². The molecule has 3 aromatic rings. The zero-order valence-electron chi connectivity index (χ0n) is 12.4. The molecule has 8 heteroatoms. The lowest BCUT2D eigenvalue weighted by molar-refractivity contribution is -0.146. The predicted octanol–water partition coefficient (Wildman–Crippen LogP) is 3.53. The average Bonchev–Trinajstić information content (AvgIpc) is 2.93. The molecule has 0 saturated heterocycles. The van der Waals surface area contributed by atoms with Crippen LogP contribution in [0.15, 0.2) is 59.5 Å². The van der Waals surface area contributed by atoms with Crippen LogP contribution in [0, 0.1) is 0 Å². The minimum Gasteiger partial charge on any atom is -0.319 e. The predicted molar refractivity (Wildman–Crippen MR) is 83.2 cm³/mol. The van der Waals surface area contributed by atoms with Crippen molar-refractivity contribution in [2.75, 3.05) is 5.75 Å². The monoisotopic (exact) mass is 354 g/mol. The number of rotatable bonds is 4. The van der Waals surface area contributed by atoms with Crippen LogP contribution in [0.2, 0.25) is 0 Å². The Labute approximate surface area is 136 Å². The number of sulfone groups is 1. The Bertz CT molecular complexity index is 964. The fourth-order valence-corrected chi connectivity index (χ4v) is 3.71. The van der Waals surface area contributed by atoms with Crippen LogP contribution >= 0.6 is 0 Å². The Kier molecular flexibility index (Phi) is 4.08. The molecule has 126 valence electrons. The molecule has 24 heavy (non-hydrogen) atoms. The second-order valence-corrected chi connectivity index (χ2v) is 7.31. The van der Waals surface area contributed by atoms with Crippen molar-refractivity contribution in [2.24, 2.45) is 0 Å². The third-order valence-corrected chi connectivity index (χ3v) is 5.30. The van der Waals surface area contributed by atoms with E-state index >= 15 is 0 Å². The second-order valence-electron chi connectivity index (χ2n) is 5.21. The number of benzene rings is 2. The number of aromatic nitrogens is 2. The fourth-order valence-electron chi connectivity index (χ4n) is 2.48. The van der Waals surface area contributed by atoms with Crippen molar-refractivity contribution in [3.63, 3.8) is 0 Å². The molecular formula is C16H13F3N2O2S. The molecule has 1 aromatic heterocycles. The maximum absolute atomic E-state index is 13.2. The summed E-state index contributed by atoms with van der Waals surface area (Å²) in [6.45, 7) is -0.327. The number of halogens is 3. The highest BCUT2D eigenvalue weighted by molar-refractivity contribution is 7.91. The van der Waals surface area contributed by atoms with Crippen molar-refractivity contribution >= 4 is 20.9 Å². The van der Waals surface area contributed by atoms with Crippen LogP contribution in [0.3, 0.4) is 0 Å². The van der Waals surface area contributed by atoms with Gasteiger partial charge < -0.3 is 4.57 Å². The summed E-state index contributed by atoms with van der Waals surface area (Å²) >= 11 is 0. The SMILES string of the molecule is O=S(=O)(CCn1c(C(F)(F)F)nc2ccccc21)c1ccccc1. The maximum Gasteiger partial charge on any atom is 0.449 e. The van der Waals surface area contributed by atoms with Crippen molar-refractivity contribution in [1.29, 1.82) is 0 Å². The van der Waals surface area contributed by atoms with Crippen LogP contribution in [0.1, 0.15) is 5.82 Å². The first-order chi connectivity index (χ1) is 11.3. The number of alkyl halides is 3. The van der Waals surface area contributed by atoms with E-state index in [1.807, 2.05) is 0 Å². The Balaban J connectivity index is 1.98. The van der Waals surface area contributed by atoms with Crippen LogP contribution in [0.4, 0.5) is 13.2 Å². The molecule has 1 heterocycles. The third kappa shape index (κ3) is 3.14. The molecule has 0 unspecified atom stereocenters. The van der Waals surface area contributed by atoms with E-state index in [-0.39, 0.29) is 22.5 Å². The summed E-state index contributed by atoms with van der Waals surface area (Å²) in [5.41, 5.74) is 0.440. The summed E-state index contributed by atoms with van der Waals surface area (Å²) in [6, 6.07) is 13.8. The summed E-state index contributed by atoms with van der Waals surface area (Å²) in [6.07, 6.45) is -4.66. The van der Waals surface area contributed by atoms with Gasteiger partial charge in [0, 0.05) is 6.54 Å². The zero-order chi connectivity index (χ0) is 17.4. The van der Waals surface area contributed by atoms with Crippen molar-refractivity contribution in [2.45, 2.75) is 17.6 Å². The average molecular weight is 354 g/mol. The van der Waals surface area contributed by atoms with E-state index in [1.165, 1.54) is 24.3 Å². The molecule has 0 spiro atoms. The molecule has 3 rings (SSSR count). The van der Waals surface area contributed by atoms with Gasteiger partial charge >= 0.3 is 6.18 Å². The normalized spacial score (nSPS) is 12.6. The molecule has 4 nitrogen and oxygen atoms in total. The van der Waals surface area contributed by atoms with Gasteiger partial charge in [-0.2, -0.15) is 13.2 Å². The Morgan fingerprint density at radius 3 is 2.25 bits per heavy atom. The number of nitrogens with zero attached hydrogens (tertiary/aromatic N) is 2. The highest BCUT2D eigenvalue weighted by atomic mass is 32.2. The van der Waals surface area contributed by atoms with Gasteiger partial charge in [-0.05, 0) is 24.3 Å². The number of para-hydroxylation sites is 2. The van der Waals surface area contributed by atoms with E-state index in [2.05, 4.69) is 4.98 Å². The van der Waals surface area contributed by atoms with Gasteiger partial charge in [0.25, 0.3) is 0 Å². The fraction of sp³-hybridized carbons (Fsp3) is 0.188. The van der Waals surface area contributed by atoms with Crippen LogP contribution in [0.25, 0.3) is 11.0 Å². The van der Waals surface area contributed by atoms with Gasteiger partial charge in [-0.25, -0.2) is 13.4 Å². The van der Waals surface area contributed by atoms with E-state index in [0.29, 0.717) is 0 Å². The number of fused-ring (bicyclic) bond motifs is 1. The highest BCUT2D eigenvalue weighted by Gasteiger charge is 2.37. The molecule has 0 aliphatic rings. The van der Waals surface area contributed by atoms with Crippen LogP contribution in [-0.2, 0) is 22.6 Å². The lowest BCUT2D eigenvalue weighted by Crippen LogP contribution is -2.19. The van der Waals surface area contributed by atoms with E-state index in [9.17, 15) is 21.6 Å². The van der Waals surface area contributed by atoms with Crippen LogP contribution in [0.5, 0.6) is 0 Å². The largest absolute Gasteiger partial charge is 0.449 e. The van der Waals surface area contributed by atoms with Gasteiger partial charge in [0.2, 0.25) is 5.82 Å². The summed E-state index contributed by atoms with van der Waals surface area (Å²) in [5, 5.41) is 0. The van der Waals surface area contributed by atoms with Crippen molar-refractivity contribution in [3.8, 4) is 0 Å². The lowest BCUT2D eigenvalue weighted by atomic mass is 10.3. The molecule has 0 amide bonds. The van der Waals surface area contributed by atoms with Gasteiger partial charge in [0.15, 0.2) is 9.84 Å². The van der Waals surface area contributed by atoms with Crippen LogP contribution in [-0.4, -0.2) is 23.7 Å². The number of hydrogen-bond donors (Lipinski definition) is 0. The van der Waals surface area contributed by atoms with Crippen LogP contribution < -0.4 is 0 Å². The molecule has 0 radical (unpaired) electrons. The molecule has 0 bridgehead atoms. The maximum atomic E-state index is 13.2. The first-order valence-corrected chi connectivity index (χ1v) is 8.74. The van der Waals surface area contributed by atoms with E-state index in [1.54, 1.807) is 30.3 Å². The quantitative estimate of drug-likeness (QED) is 0.720. The number of aryl methyl sites for hydroxylation is 1.